The van der Waals surface area contributed by atoms with E-state index in [4.69, 9.17) is 9.47 Å². The largest absolute Gasteiger partial charge is 0.497 e. The Balaban J connectivity index is 3.09. The molecule has 4 nitrogen and oxygen atoms in total. The van der Waals surface area contributed by atoms with Gasteiger partial charge in [0.2, 0.25) is 0 Å². The van der Waals surface area contributed by atoms with Crippen molar-refractivity contribution < 1.29 is 14.3 Å². The summed E-state index contributed by atoms with van der Waals surface area (Å²) in [6, 6.07) is 5.12. The molecule has 0 aliphatic rings. The quantitative estimate of drug-likeness (QED) is 0.732. The summed E-state index contributed by atoms with van der Waals surface area (Å²) in [5.74, 6) is 1.05. The van der Waals surface area contributed by atoms with Crippen LogP contribution in [0.5, 0.6) is 11.5 Å². The lowest BCUT2D eigenvalue weighted by atomic mass is 10.1. The van der Waals surface area contributed by atoms with Gasteiger partial charge in [0.1, 0.15) is 18.1 Å². The predicted molar refractivity (Wildman–Crippen MR) is 66.7 cm³/mol. The monoisotopic (exact) mass is 235 g/mol. The lowest BCUT2D eigenvalue weighted by Crippen LogP contribution is -2.22. The zero-order valence-electron chi connectivity index (χ0n) is 10.4. The van der Waals surface area contributed by atoms with Crippen LogP contribution >= 0.6 is 0 Å². The molecular weight excluding hydrogens is 218 g/mol. The van der Waals surface area contributed by atoms with Gasteiger partial charge < -0.3 is 14.4 Å². The summed E-state index contributed by atoms with van der Waals surface area (Å²) in [5, 5.41) is 0. The number of hydrogen-bond acceptors (Lipinski definition) is 3. The predicted octanol–water partition coefficient (Wildman–Crippen LogP) is 1.96. The molecule has 0 bridgehead atoms. The van der Waals surface area contributed by atoms with Crippen molar-refractivity contribution in [2.24, 2.45) is 0 Å². The highest BCUT2D eigenvalue weighted by Gasteiger charge is 2.15. The standard InChI is InChI=1S/C13H17NO3/c1-5-8-17-12-9-10(16-4)6-7-11(12)13(15)14(2)3/h5-7,9H,1,8H2,2-4H3. The van der Waals surface area contributed by atoms with E-state index in [1.807, 2.05) is 0 Å². The third-order valence-corrected chi connectivity index (χ3v) is 2.18. The molecule has 0 saturated heterocycles. The number of rotatable bonds is 5. The Morgan fingerprint density at radius 1 is 1.47 bits per heavy atom. The smallest absolute Gasteiger partial charge is 0.257 e. The maximum atomic E-state index is 11.9. The molecule has 1 aromatic carbocycles. The van der Waals surface area contributed by atoms with Crippen molar-refractivity contribution in [1.82, 2.24) is 4.90 Å². The lowest BCUT2D eigenvalue weighted by Gasteiger charge is -2.15. The van der Waals surface area contributed by atoms with Crippen LogP contribution in [0.1, 0.15) is 10.4 Å². The van der Waals surface area contributed by atoms with Crippen molar-refractivity contribution in [3.63, 3.8) is 0 Å². The van der Waals surface area contributed by atoms with E-state index >= 15 is 0 Å². The second kappa shape index (κ2) is 5.94. The summed E-state index contributed by atoms with van der Waals surface area (Å²) in [7, 11) is 4.97. The number of benzene rings is 1. The van der Waals surface area contributed by atoms with Gasteiger partial charge in [-0.05, 0) is 12.1 Å². The van der Waals surface area contributed by atoms with E-state index in [2.05, 4.69) is 6.58 Å². The van der Waals surface area contributed by atoms with Crippen LogP contribution in [0.4, 0.5) is 0 Å². The van der Waals surface area contributed by atoms with Crippen LogP contribution in [0, 0.1) is 0 Å². The molecular formula is C13H17NO3. The Hall–Kier alpha value is -1.97. The van der Waals surface area contributed by atoms with Gasteiger partial charge in [0.25, 0.3) is 5.91 Å². The van der Waals surface area contributed by atoms with E-state index in [-0.39, 0.29) is 5.91 Å². The molecule has 0 saturated carbocycles. The molecule has 1 aromatic rings. The number of ether oxygens (including phenoxy) is 2. The summed E-state index contributed by atoms with van der Waals surface area (Å²) in [6.45, 7) is 3.92. The highest BCUT2D eigenvalue weighted by Crippen LogP contribution is 2.25. The molecule has 0 aromatic heterocycles. The molecule has 0 heterocycles. The highest BCUT2D eigenvalue weighted by atomic mass is 16.5. The van der Waals surface area contributed by atoms with Crippen molar-refractivity contribution in [2.45, 2.75) is 0 Å². The van der Waals surface area contributed by atoms with E-state index in [1.54, 1.807) is 45.5 Å². The van der Waals surface area contributed by atoms with Gasteiger partial charge in [-0.25, -0.2) is 0 Å². The molecule has 0 aliphatic carbocycles. The maximum Gasteiger partial charge on any atom is 0.257 e. The number of nitrogens with zero attached hydrogens (tertiary/aromatic N) is 1. The van der Waals surface area contributed by atoms with Crippen molar-refractivity contribution in [3.8, 4) is 11.5 Å². The Morgan fingerprint density at radius 3 is 2.71 bits per heavy atom. The van der Waals surface area contributed by atoms with Gasteiger partial charge in [0, 0.05) is 20.2 Å². The molecule has 92 valence electrons. The Kier molecular flexibility index (Phi) is 4.57. The van der Waals surface area contributed by atoms with Crippen LogP contribution in [0.2, 0.25) is 0 Å². The minimum atomic E-state index is -0.105. The number of methoxy groups -OCH3 is 1. The van der Waals surface area contributed by atoms with E-state index in [9.17, 15) is 4.79 Å². The Morgan fingerprint density at radius 2 is 2.18 bits per heavy atom. The minimum Gasteiger partial charge on any atom is -0.497 e. The Labute approximate surface area is 101 Å². The first-order valence-corrected chi connectivity index (χ1v) is 5.23. The topological polar surface area (TPSA) is 38.8 Å². The first-order chi connectivity index (χ1) is 8.10. The number of hydrogen-bond donors (Lipinski definition) is 0. The average Bonchev–Trinajstić information content (AvgIpc) is 2.34. The Bertz CT molecular complexity index is 413. The molecule has 0 spiro atoms. The van der Waals surface area contributed by atoms with Gasteiger partial charge in [-0.2, -0.15) is 0 Å². The number of carbonyl (C=O) groups is 1. The third-order valence-electron chi connectivity index (χ3n) is 2.18. The molecule has 0 atom stereocenters. The SMILES string of the molecule is C=CCOc1cc(OC)ccc1C(=O)N(C)C. The van der Waals surface area contributed by atoms with Crippen molar-refractivity contribution in [1.29, 1.82) is 0 Å². The first kappa shape index (κ1) is 13.1. The normalized spacial score (nSPS) is 9.59. The maximum absolute atomic E-state index is 11.9. The van der Waals surface area contributed by atoms with Gasteiger partial charge in [0.15, 0.2) is 0 Å². The molecule has 0 radical (unpaired) electrons. The molecule has 0 unspecified atom stereocenters. The molecule has 17 heavy (non-hydrogen) atoms. The van der Waals surface area contributed by atoms with E-state index in [1.165, 1.54) is 4.90 Å². The van der Waals surface area contributed by atoms with Crippen molar-refractivity contribution in [2.75, 3.05) is 27.8 Å². The molecule has 4 heteroatoms. The summed E-state index contributed by atoms with van der Waals surface area (Å²) in [5.41, 5.74) is 0.512. The fourth-order valence-electron chi connectivity index (χ4n) is 1.32. The second-order valence-corrected chi connectivity index (χ2v) is 3.66. The zero-order chi connectivity index (χ0) is 12.8. The second-order valence-electron chi connectivity index (χ2n) is 3.66. The fourth-order valence-corrected chi connectivity index (χ4v) is 1.32. The highest BCUT2D eigenvalue weighted by molar-refractivity contribution is 5.96. The lowest BCUT2D eigenvalue weighted by molar-refractivity contribution is 0.0823. The van der Waals surface area contributed by atoms with E-state index < -0.39 is 0 Å². The first-order valence-electron chi connectivity index (χ1n) is 5.23. The van der Waals surface area contributed by atoms with Gasteiger partial charge in [-0.1, -0.05) is 12.7 Å². The minimum absolute atomic E-state index is 0.105. The fraction of sp³-hybridized carbons (Fsp3) is 0.308. The van der Waals surface area contributed by atoms with Crippen LogP contribution < -0.4 is 9.47 Å². The van der Waals surface area contributed by atoms with E-state index in [0.717, 1.165) is 0 Å². The molecule has 0 fully saturated rings. The van der Waals surface area contributed by atoms with Crippen LogP contribution in [0.25, 0.3) is 0 Å². The zero-order valence-corrected chi connectivity index (χ0v) is 10.4. The summed E-state index contributed by atoms with van der Waals surface area (Å²) < 4.78 is 10.6. The van der Waals surface area contributed by atoms with Crippen LogP contribution in [-0.4, -0.2) is 38.6 Å². The van der Waals surface area contributed by atoms with Crippen LogP contribution in [0.15, 0.2) is 30.9 Å². The van der Waals surface area contributed by atoms with Gasteiger partial charge in [-0.3, -0.25) is 4.79 Å². The average molecular weight is 235 g/mol. The summed E-state index contributed by atoms with van der Waals surface area (Å²) >= 11 is 0. The van der Waals surface area contributed by atoms with E-state index in [0.29, 0.717) is 23.7 Å². The molecule has 0 aliphatic heterocycles. The van der Waals surface area contributed by atoms with Crippen LogP contribution in [0.3, 0.4) is 0 Å². The van der Waals surface area contributed by atoms with Gasteiger partial charge in [-0.15, -0.1) is 0 Å². The van der Waals surface area contributed by atoms with Crippen LogP contribution in [-0.2, 0) is 0 Å². The summed E-state index contributed by atoms with van der Waals surface area (Å²) in [4.78, 5) is 13.4. The molecule has 1 rings (SSSR count). The number of amides is 1. The molecule has 0 N–H and O–H groups in total. The van der Waals surface area contributed by atoms with Gasteiger partial charge >= 0.3 is 0 Å². The number of carbonyl (C=O) groups excluding carboxylic acids is 1. The summed E-state index contributed by atoms with van der Waals surface area (Å²) in [6.07, 6.45) is 1.63. The molecule has 1 amide bonds. The van der Waals surface area contributed by atoms with Crippen molar-refractivity contribution >= 4 is 5.91 Å². The third kappa shape index (κ3) is 3.24. The van der Waals surface area contributed by atoms with Gasteiger partial charge in [0.05, 0.1) is 12.7 Å². The van der Waals surface area contributed by atoms with Crippen molar-refractivity contribution in [3.05, 3.63) is 36.4 Å².